The number of likely N-dealkylation sites (tertiary alicyclic amines) is 2. The monoisotopic (exact) mass is 1350 g/mol. The van der Waals surface area contributed by atoms with E-state index in [4.69, 9.17) is 21.9 Å². The molecule has 0 spiro atoms. The smallest absolute Gasteiger partial charge is 0.376 e. The number of halogens is 3. The van der Waals surface area contributed by atoms with Crippen molar-refractivity contribution in [3.05, 3.63) is 83.9 Å². The van der Waals surface area contributed by atoms with Gasteiger partial charge in [0, 0.05) is 90.6 Å². The SMILES string of the molecule is C=CCN(CC(=O)N(CC(=O)N(CCCN1CCCC1=O)CC(=O)N(CCCCN)CC(=O)N(CCCCN)CC(=O)N[C@@H](CS)C(N)=O)CC1CCCO1)C(=O)CN(C(=O)CN(Cc1cccc(C(F)(F)F)c1)C(=O)CNCCCN1CCCC1=O)[C@H](C)c1ccccc1. The lowest BCUT2D eigenvalue weighted by atomic mass is 10.1. The third-order valence-corrected chi connectivity index (χ3v) is 17.1. The number of amides is 11. The van der Waals surface area contributed by atoms with Crippen molar-refractivity contribution in [3.63, 3.8) is 0 Å². The molecule has 0 saturated carbocycles. The second-order valence-corrected chi connectivity index (χ2v) is 24.4. The first-order chi connectivity index (χ1) is 45.5. The van der Waals surface area contributed by atoms with E-state index in [1.807, 2.05) is 0 Å². The summed E-state index contributed by atoms with van der Waals surface area (Å²) in [6.45, 7) is 3.38. The molecule has 30 heteroatoms. The molecular formula is C65H97F3N14O12S. The molecule has 526 valence electrons. The first kappa shape index (κ1) is 78.0. The number of hydrogen-bond donors (Lipinski definition) is 6. The Labute approximate surface area is 560 Å². The summed E-state index contributed by atoms with van der Waals surface area (Å²) < 4.78 is 47.9. The van der Waals surface area contributed by atoms with Crippen molar-refractivity contribution >= 4 is 77.6 Å². The highest BCUT2D eigenvalue weighted by Gasteiger charge is 2.35. The highest BCUT2D eigenvalue weighted by Crippen LogP contribution is 2.30. The van der Waals surface area contributed by atoms with E-state index in [2.05, 4.69) is 29.8 Å². The topological polar surface area (TPSA) is 328 Å². The summed E-state index contributed by atoms with van der Waals surface area (Å²) in [5.41, 5.74) is 16.7. The van der Waals surface area contributed by atoms with Gasteiger partial charge >= 0.3 is 6.18 Å². The van der Waals surface area contributed by atoms with Crippen LogP contribution in [0.5, 0.6) is 0 Å². The van der Waals surface area contributed by atoms with Crippen LogP contribution in [-0.2, 0) is 70.2 Å². The molecule has 0 bridgehead atoms. The minimum Gasteiger partial charge on any atom is -0.376 e. The van der Waals surface area contributed by atoms with Crippen molar-refractivity contribution in [2.45, 2.75) is 115 Å². The van der Waals surface area contributed by atoms with E-state index in [1.165, 1.54) is 42.7 Å². The van der Waals surface area contributed by atoms with E-state index in [-0.39, 0.29) is 81.9 Å². The minimum atomic E-state index is -4.71. The highest BCUT2D eigenvalue weighted by atomic mass is 32.1. The summed E-state index contributed by atoms with van der Waals surface area (Å²) in [5.74, 6) is -6.44. The van der Waals surface area contributed by atoms with Gasteiger partial charge in [-0.15, -0.1) is 6.58 Å². The van der Waals surface area contributed by atoms with Crippen LogP contribution in [0.15, 0.2) is 67.3 Å². The number of ether oxygens (including phenoxy) is 1. The zero-order valence-corrected chi connectivity index (χ0v) is 55.6. The van der Waals surface area contributed by atoms with Gasteiger partial charge in [-0.2, -0.15) is 25.8 Å². The summed E-state index contributed by atoms with van der Waals surface area (Å²) in [7, 11) is 0. The van der Waals surface area contributed by atoms with Gasteiger partial charge in [0.1, 0.15) is 25.7 Å². The maximum atomic E-state index is 15.0. The minimum absolute atomic E-state index is 0.0284. The normalized spacial score (nSPS) is 15.3. The van der Waals surface area contributed by atoms with Crippen molar-refractivity contribution in [2.75, 3.05) is 143 Å². The second kappa shape index (κ2) is 40.7. The summed E-state index contributed by atoms with van der Waals surface area (Å²) in [6.07, 6.45) is 2.02. The third kappa shape index (κ3) is 26.5. The van der Waals surface area contributed by atoms with E-state index >= 15 is 0 Å². The van der Waals surface area contributed by atoms with E-state index in [0.717, 1.165) is 28.4 Å². The average molecular weight is 1360 g/mol. The number of primary amides is 1. The van der Waals surface area contributed by atoms with E-state index in [9.17, 15) is 65.9 Å². The molecule has 3 atom stereocenters. The van der Waals surface area contributed by atoms with Crippen LogP contribution < -0.4 is 27.8 Å². The number of nitrogens with two attached hydrogens (primary N) is 3. The lowest BCUT2D eigenvalue weighted by Crippen LogP contribution is -2.54. The highest BCUT2D eigenvalue weighted by molar-refractivity contribution is 7.80. The summed E-state index contributed by atoms with van der Waals surface area (Å²) in [5, 5.41) is 5.51. The van der Waals surface area contributed by atoms with Crippen molar-refractivity contribution in [3.8, 4) is 0 Å². The van der Waals surface area contributed by atoms with Crippen LogP contribution in [-0.4, -0.2) is 264 Å². The van der Waals surface area contributed by atoms with Crippen molar-refractivity contribution in [2.24, 2.45) is 17.2 Å². The predicted octanol–water partition coefficient (Wildman–Crippen LogP) is 1.12. The van der Waals surface area contributed by atoms with Crippen molar-refractivity contribution in [1.29, 1.82) is 0 Å². The Balaban J connectivity index is 1.41. The predicted molar refractivity (Wildman–Crippen MR) is 351 cm³/mol. The average Bonchev–Trinajstić information content (AvgIpc) is 2.23. The molecular weight excluding hydrogens is 1260 g/mol. The lowest BCUT2D eigenvalue weighted by molar-refractivity contribution is -0.149. The molecule has 3 fully saturated rings. The van der Waals surface area contributed by atoms with E-state index in [0.29, 0.717) is 109 Å². The molecule has 95 heavy (non-hydrogen) atoms. The molecule has 2 aromatic carbocycles. The maximum Gasteiger partial charge on any atom is 0.416 e. The van der Waals surface area contributed by atoms with Gasteiger partial charge in [-0.1, -0.05) is 48.5 Å². The van der Waals surface area contributed by atoms with Crippen LogP contribution in [0.4, 0.5) is 13.2 Å². The fourth-order valence-corrected chi connectivity index (χ4v) is 11.6. The molecule has 11 amide bonds. The second-order valence-electron chi connectivity index (χ2n) is 24.0. The Bertz CT molecular complexity index is 2890. The third-order valence-electron chi connectivity index (χ3n) is 16.8. The van der Waals surface area contributed by atoms with Gasteiger partial charge in [-0.3, -0.25) is 52.7 Å². The number of benzene rings is 2. The molecule has 0 aromatic heterocycles. The molecule has 2 aromatic rings. The molecule has 5 rings (SSSR count). The first-order valence-electron chi connectivity index (χ1n) is 32.7. The number of nitrogens with one attached hydrogen (secondary N) is 2. The zero-order valence-electron chi connectivity index (χ0n) is 54.7. The van der Waals surface area contributed by atoms with E-state index in [1.54, 1.807) is 47.1 Å². The first-order valence-corrected chi connectivity index (χ1v) is 33.3. The van der Waals surface area contributed by atoms with Crippen LogP contribution in [0.3, 0.4) is 0 Å². The molecule has 3 aliphatic rings. The summed E-state index contributed by atoms with van der Waals surface area (Å²) >= 11 is 4.09. The molecule has 8 N–H and O–H groups in total. The number of thiol groups is 1. The van der Waals surface area contributed by atoms with Gasteiger partial charge < -0.3 is 76.7 Å². The Kier molecular flexibility index (Phi) is 33.4. The molecule has 0 radical (unpaired) electrons. The van der Waals surface area contributed by atoms with Gasteiger partial charge in [-0.05, 0) is 114 Å². The van der Waals surface area contributed by atoms with Gasteiger partial charge in [-0.25, -0.2) is 0 Å². The number of carbonyl (C=O) groups excluding carboxylic acids is 11. The maximum absolute atomic E-state index is 15.0. The molecule has 3 heterocycles. The van der Waals surface area contributed by atoms with E-state index < -0.39 is 135 Å². The Morgan fingerprint density at radius 3 is 1.76 bits per heavy atom. The van der Waals surface area contributed by atoms with Crippen LogP contribution in [0, 0.1) is 0 Å². The Morgan fingerprint density at radius 2 is 1.22 bits per heavy atom. The standard InChI is InChI=1S/C65H97F3N14O12S/c1-3-27-76(62(91)46-82(48(2)50-18-5-4-6-19-50)63(92)45-80(38-49-17-11-20-51(36-49)65(66,67)68)57(86)37-72-26-15-32-74-30-12-22-55(74)84)43-61(90)81(39-52-21-14-35-94-52)44-60(89)79(34-16-33-75-31-13-23-56(75)85)42-59(88)78(29-10-8-25-70)41-58(87)77(28-9-7-24-69)40-54(83)73-53(47-95)64(71)93/h3-6,11,17-20,36,48,52-53,72,95H,1,7-10,12-16,21-35,37-47,69-70H2,2H3,(H2,71,93)(H,73,83)/t48-,52?,53+/m1/s1. The molecule has 3 aliphatic heterocycles. The number of nitrogens with zero attached hydrogens (tertiary/aromatic N) is 9. The number of unbranched alkanes of at least 4 members (excludes halogenated alkanes) is 2. The zero-order chi connectivity index (χ0) is 69.5. The number of alkyl halides is 3. The van der Waals surface area contributed by atoms with Crippen molar-refractivity contribution in [1.82, 2.24) is 54.7 Å². The Hall–Kier alpha value is -7.67. The lowest BCUT2D eigenvalue weighted by Gasteiger charge is -2.34. The van der Waals surface area contributed by atoms with Gasteiger partial charge in [0.15, 0.2) is 0 Å². The molecule has 1 unspecified atom stereocenters. The van der Waals surface area contributed by atoms with Crippen LogP contribution in [0.2, 0.25) is 0 Å². The molecule has 26 nitrogen and oxygen atoms in total. The summed E-state index contributed by atoms with van der Waals surface area (Å²) in [6, 6.07) is 11.1. The summed E-state index contributed by atoms with van der Waals surface area (Å²) in [4.78, 5) is 165. The van der Waals surface area contributed by atoms with Crippen molar-refractivity contribution < 1.29 is 70.6 Å². The van der Waals surface area contributed by atoms with Gasteiger partial charge in [0.05, 0.1) is 50.4 Å². The number of hydrogen-bond acceptors (Lipinski definition) is 16. The fraction of sp³-hybridized carbons (Fsp3) is 0.615. The molecule has 0 aliphatic carbocycles. The van der Waals surface area contributed by atoms with Gasteiger partial charge in [0.25, 0.3) is 0 Å². The number of rotatable bonds is 43. The van der Waals surface area contributed by atoms with Gasteiger partial charge in [0.2, 0.25) is 65.0 Å². The Morgan fingerprint density at radius 1 is 0.674 bits per heavy atom. The fourth-order valence-electron chi connectivity index (χ4n) is 11.3. The largest absolute Gasteiger partial charge is 0.416 e. The number of carbonyl (C=O) groups is 11. The van der Waals surface area contributed by atoms with Crippen LogP contribution in [0.1, 0.15) is 107 Å². The van der Waals surface area contributed by atoms with Crippen LogP contribution >= 0.6 is 12.6 Å². The van der Waals surface area contributed by atoms with Crippen LogP contribution in [0.25, 0.3) is 0 Å². The quantitative estimate of drug-likeness (QED) is 0.0308. The molecule has 3 saturated heterocycles.